The van der Waals surface area contributed by atoms with E-state index in [4.69, 9.17) is 28.4 Å². The van der Waals surface area contributed by atoms with Gasteiger partial charge in [0, 0.05) is 6.42 Å². The lowest BCUT2D eigenvalue weighted by atomic mass is 9.96. The number of allylic oxidation sites excluding steroid dienone is 12. The molecule has 97 heavy (non-hydrogen) atoms. The van der Waals surface area contributed by atoms with Crippen LogP contribution in [0.25, 0.3) is 0 Å². The fraction of sp³-hybridized carbons (Fsp3) is 0.833. The lowest BCUT2D eigenvalue weighted by Crippen LogP contribution is -2.66. The van der Waals surface area contributed by atoms with Crippen molar-refractivity contribution in [1.29, 1.82) is 0 Å². The Morgan fingerprint density at radius 2 is 0.711 bits per heavy atom. The summed E-state index contributed by atoms with van der Waals surface area (Å²) in [6, 6.07) is -0.888. The van der Waals surface area contributed by atoms with E-state index in [9.17, 15) is 61.0 Å². The molecule has 0 saturated carbocycles. The average Bonchev–Trinajstić information content (AvgIpc) is 0.789. The Kier molecular flexibility index (Phi) is 53.5. The first kappa shape index (κ1) is 88.4. The first-order valence-corrected chi connectivity index (χ1v) is 38.7. The lowest BCUT2D eigenvalue weighted by molar-refractivity contribution is -0.379. The Morgan fingerprint density at radius 1 is 0.381 bits per heavy atom. The van der Waals surface area contributed by atoms with Crippen molar-refractivity contribution >= 4 is 5.91 Å². The van der Waals surface area contributed by atoms with Crippen LogP contribution in [0.3, 0.4) is 0 Å². The molecule has 3 aliphatic heterocycles. The molecular weight excluding hydrogens is 1240 g/mol. The highest BCUT2D eigenvalue weighted by Gasteiger charge is 2.54. The number of aliphatic hydroxyl groups is 11. The van der Waals surface area contributed by atoms with Crippen LogP contribution in [0.15, 0.2) is 72.9 Å². The second-order valence-electron chi connectivity index (χ2n) is 27.4. The van der Waals surface area contributed by atoms with Gasteiger partial charge < -0.3 is 89.9 Å². The molecule has 3 saturated heterocycles. The second kappa shape index (κ2) is 58.7. The van der Waals surface area contributed by atoms with Crippen LogP contribution in [0.2, 0.25) is 0 Å². The molecule has 0 radical (unpaired) electrons. The molecule has 1 amide bonds. The first-order chi connectivity index (χ1) is 47.3. The Bertz CT molecular complexity index is 2040. The molecule has 19 heteroatoms. The van der Waals surface area contributed by atoms with Gasteiger partial charge in [-0.15, -0.1) is 0 Å². The van der Waals surface area contributed by atoms with Gasteiger partial charge in [0.15, 0.2) is 18.9 Å². The standard InChI is InChI=1S/C78H139NO18/c1-3-5-7-9-11-13-15-17-19-20-21-22-23-24-25-26-27-28-29-30-31-32-33-34-35-36-37-38-39-40-42-44-46-48-50-52-54-56-66(84)79-61(62(83)55-53-51-49-47-45-43-41-18-16-14-12-10-8-6-4-2)60-92-76-72(90)69(87)74(64(58-81)94-76)97-78-73(91)70(88)75(65(59-82)95-78)96-77-71(89)68(86)67(85)63(57-80)93-77/h5,7,11,13,17,19,21-22,24-25,27-28,61-65,67-78,80-83,85-91H,3-4,6,8-10,12,14-16,18,20,23,26,29-60H2,1-2H3,(H,79,84)/b7-5-,13-11-,19-17-,22-21-,25-24-,28-27-. The maximum absolute atomic E-state index is 13.5. The smallest absolute Gasteiger partial charge is 0.220 e. The third-order valence-electron chi connectivity index (χ3n) is 19.0. The predicted molar refractivity (Wildman–Crippen MR) is 383 cm³/mol. The topological polar surface area (TPSA) is 307 Å². The summed E-state index contributed by atoms with van der Waals surface area (Å²) in [5.41, 5.74) is 0. The maximum atomic E-state index is 13.5. The Balaban J connectivity index is 1.32. The van der Waals surface area contributed by atoms with Crippen LogP contribution < -0.4 is 5.32 Å². The highest BCUT2D eigenvalue weighted by molar-refractivity contribution is 5.76. The summed E-state index contributed by atoms with van der Waals surface area (Å²) >= 11 is 0. The summed E-state index contributed by atoms with van der Waals surface area (Å²) in [6.45, 7) is 1.70. The van der Waals surface area contributed by atoms with E-state index in [0.717, 1.165) is 83.5 Å². The molecule has 0 aliphatic carbocycles. The van der Waals surface area contributed by atoms with Gasteiger partial charge in [-0.2, -0.15) is 0 Å². The second-order valence-corrected chi connectivity index (χ2v) is 27.4. The minimum Gasteiger partial charge on any atom is -0.394 e. The van der Waals surface area contributed by atoms with Gasteiger partial charge in [-0.05, 0) is 64.2 Å². The molecule has 0 aromatic heterocycles. The summed E-state index contributed by atoms with van der Waals surface area (Å²) in [7, 11) is 0. The molecule has 564 valence electrons. The number of amides is 1. The zero-order chi connectivity index (χ0) is 70.4. The van der Waals surface area contributed by atoms with Gasteiger partial charge >= 0.3 is 0 Å². The van der Waals surface area contributed by atoms with Gasteiger partial charge in [-0.3, -0.25) is 4.79 Å². The number of hydrogen-bond donors (Lipinski definition) is 12. The summed E-state index contributed by atoms with van der Waals surface area (Å²) in [5, 5.41) is 121. The quantitative estimate of drug-likeness (QED) is 0.0199. The fourth-order valence-corrected chi connectivity index (χ4v) is 12.8. The lowest BCUT2D eigenvalue weighted by Gasteiger charge is -2.48. The molecule has 17 atom stereocenters. The van der Waals surface area contributed by atoms with Crippen LogP contribution in [0, 0.1) is 0 Å². The molecule has 0 aromatic carbocycles. The monoisotopic (exact) mass is 1380 g/mol. The zero-order valence-electron chi connectivity index (χ0n) is 60.0. The van der Waals surface area contributed by atoms with Gasteiger partial charge in [0.25, 0.3) is 0 Å². The van der Waals surface area contributed by atoms with Gasteiger partial charge in [0.1, 0.15) is 73.2 Å². The molecule has 19 nitrogen and oxygen atoms in total. The van der Waals surface area contributed by atoms with E-state index in [-0.39, 0.29) is 18.9 Å². The highest BCUT2D eigenvalue weighted by Crippen LogP contribution is 2.33. The number of carbonyl (C=O) groups excluding carboxylic acids is 1. The minimum absolute atomic E-state index is 0.241. The SMILES string of the molecule is CC/C=C\C/C=C\C/C=C\C/C=C\C/C=C\C/C=C\CCCCCCCCCCCCCCCCCCCCC(=O)NC(COC1OC(CO)C(OC2OC(CO)C(OC3OC(CO)C(O)C(O)C3O)C(O)C2O)C(O)C1O)C(O)CCCCCCCCCCCCCCCCC. The van der Waals surface area contributed by atoms with Crippen LogP contribution in [0.4, 0.5) is 0 Å². The van der Waals surface area contributed by atoms with E-state index in [2.05, 4.69) is 92.1 Å². The van der Waals surface area contributed by atoms with Crippen LogP contribution >= 0.6 is 0 Å². The Hall–Kier alpha value is -2.77. The first-order valence-electron chi connectivity index (χ1n) is 38.7. The van der Waals surface area contributed by atoms with Gasteiger partial charge in [0.2, 0.25) is 5.91 Å². The van der Waals surface area contributed by atoms with Crippen LogP contribution in [0.1, 0.15) is 284 Å². The summed E-state index contributed by atoms with van der Waals surface area (Å²) in [4.78, 5) is 13.5. The average molecular weight is 1380 g/mol. The van der Waals surface area contributed by atoms with Crippen molar-refractivity contribution < 1.29 is 89.4 Å². The molecule has 3 rings (SSSR count). The fourth-order valence-electron chi connectivity index (χ4n) is 12.8. The third-order valence-corrected chi connectivity index (χ3v) is 19.0. The van der Waals surface area contributed by atoms with E-state index in [1.54, 1.807) is 0 Å². The van der Waals surface area contributed by atoms with E-state index in [1.165, 1.54) is 167 Å². The maximum Gasteiger partial charge on any atom is 0.220 e. The van der Waals surface area contributed by atoms with Crippen LogP contribution in [-0.2, 0) is 33.2 Å². The van der Waals surface area contributed by atoms with E-state index in [0.29, 0.717) is 12.8 Å². The third kappa shape index (κ3) is 39.5. The van der Waals surface area contributed by atoms with Crippen molar-refractivity contribution in [1.82, 2.24) is 5.32 Å². The molecule has 3 heterocycles. The molecule has 12 N–H and O–H groups in total. The number of hydrogen-bond acceptors (Lipinski definition) is 18. The Morgan fingerprint density at radius 3 is 1.11 bits per heavy atom. The predicted octanol–water partition coefficient (Wildman–Crippen LogP) is 12.1. The van der Waals surface area contributed by atoms with Gasteiger partial charge in [-0.25, -0.2) is 0 Å². The molecule has 0 spiro atoms. The normalized spacial score (nSPS) is 27.3. The number of carbonyl (C=O) groups is 1. The molecule has 0 aromatic rings. The van der Waals surface area contributed by atoms with Crippen molar-refractivity contribution in [2.24, 2.45) is 0 Å². The molecule has 3 fully saturated rings. The molecular formula is C78H139NO18. The highest BCUT2D eigenvalue weighted by atomic mass is 16.8. The zero-order valence-corrected chi connectivity index (χ0v) is 60.0. The van der Waals surface area contributed by atoms with Crippen molar-refractivity contribution in [3.8, 4) is 0 Å². The number of nitrogens with one attached hydrogen (secondary N) is 1. The van der Waals surface area contributed by atoms with Crippen molar-refractivity contribution in [3.63, 3.8) is 0 Å². The summed E-state index contributed by atoms with van der Waals surface area (Å²) in [6.07, 6.45) is 48.5. The molecule has 3 aliphatic rings. The summed E-state index contributed by atoms with van der Waals surface area (Å²) < 4.78 is 34.5. The number of aliphatic hydroxyl groups excluding tert-OH is 11. The van der Waals surface area contributed by atoms with E-state index in [1.807, 2.05) is 0 Å². The van der Waals surface area contributed by atoms with Gasteiger partial charge in [0.05, 0.1) is 38.6 Å². The van der Waals surface area contributed by atoms with E-state index < -0.39 is 124 Å². The van der Waals surface area contributed by atoms with Crippen LogP contribution in [-0.4, -0.2) is 193 Å². The van der Waals surface area contributed by atoms with Gasteiger partial charge in [-0.1, -0.05) is 286 Å². The minimum atomic E-state index is -1.97. The van der Waals surface area contributed by atoms with Crippen molar-refractivity contribution in [2.45, 2.75) is 388 Å². The molecule has 17 unspecified atom stereocenters. The largest absolute Gasteiger partial charge is 0.394 e. The van der Waals surface area contributed by atoms with Crippen molar-refractivity contribution in [2.75, 3.05) is 26.4 Å². The number of ether oxygens (including phenoxy) is 6. The number of unbranched alkanes of at least 4 members (excludes halogenated alkanes) is 32. The van der Waals surface area contributed by atoms with Crippen molar-refractivity contribution in [3.05, 3.63) is 72.9 Å². The summed E-state index contributed by atoms with van der Waals surface area (Å²) in [5.74, 6) is -0.241. The number of rotatable bonds is 60. The Labute approximate surface area is 585 Å². The van der Waals surface area contributed by atoms with Crippen LogP contribution in [0.5, 0.6) is 0 Å². The van der Waals surface area contributed by atoms with E-state index >= 15 is 0 Å². The molecule has 0 bridgehead atoms.